The lowest BCUT2D eigenvalue weighted by atomic mass is 10.2. The minimum atomic E-state index is 0.666. The van der Waals surface area contributed by atoms with Gasteiger partial charge in [0.05, 0.1) is 32.8 Å². The maximum Gasteiger partial charge on any atom is 0.108 e. The van der Waals surface area contributed by atoms with Crippen molar-refractivity contribution >= 4 is 0 Å². The summed E-state index contributed by atoms with van der Waals surface area (Å²) in [6.07, 6.45) is 23.4. The molecule has 0 spiro atoms. The van der Waals surface area contributed by atoms with Gasteiger partial charge in [0.2, 0.25) is 0 Å². The number of hydrogen-bond acceptors (Lipinski definition) is 7. The Balaban J connectivity index is 0.000000284. The number of likely N-dealkylation sites (N-methyl/N-ethyl adjacent to an activating group) is 1. The molecule has 0 N–H and O–H groups in total. The van der Waals surface area contributed by atoms with Crippen LogP contribution in [-0.2, 0) is 36.0 Å². The minimum Gasteiger partial charge on any atom is -0.379 e. The highest BCUT2D eigenvalue weighted by Gasteiger charge is 2.17. The summed E-state index contributed by atoms with van der Waals surface area (Å²) in [5.74, 6) is 2.28. The highest BCUT2D eigenvalue weighted by molar-refractivity contribution is 4.89. The molecule has 1 saturated carbocycles. The molecule has 3 aromatic rings. The predicted molar refractivity (Wildman–Crippen MR) is 196 cm³/mol. The molecule has 0 bridgehead atoms. The second kappa shape index (κ2) is 28.5. The third kappa shape index (κ3) is 21.9. The minimum absolute atomic E-state index is 0.666. The van der Waals surface area contributed by atoms with E-state index in [1.165, 1.54) is 45.1 Å². The van der Waals surface area contributed by atoms with E-state index in [0.29, 0.717) is 6.04 Å². The van der Waals surface area contributed by atoms with Crippen molar-refractivity contribution in [2.24, 2.45) is 13.0 Å². The van der Waals surface area contributed by atoms with Gasteiger partial charge >= 0.3 is 0 Å². The van der Waals surface area contributed by atoms with Gasteiger partial charge in [0.1, 0.15) is 5.82 Å². The number of aromatic nitrogens is 6. The predicted octanol–water partition coefficient (Wildman–Crippen LogP) is 6.83. The lowest BCUT2D eigenvalue weighted by Gasteiger charge is -2.31. The first-order valence-corrected chi connectivity index (χ1v) is 18.4. The summed E-state index contributed by atoms with van der Waals surface area (Å²) in [5.41, 5.74) is 0. The van der Waals surface area contributed by atoms with E-state index < -0.39 is 0 Å². The summed E-state index contributed by atoms with van der Waals surface area (Å²) in [7, 11) is 4.17. The van der Waals surface area contributed by atoms with Gasteiger partial charge < -0.3 is 18.6 Å². The Labute approximate surface area is 287 Å². The van der Waals surface area contributed by atoms with E-state index in [4.69, 9.17) is 9.47 Å². The molecule has 10 heteroatoms. The van der Waals surface area contributed by atoms with Crippen LogP contribution in [0, 0.1) is 5.92 Å². The van der Waals surface area contributed by atoms with Crippen LogP contribution in [0.15, 0.2) is 49.6 Å². The van der Waals surface area contributed by atoms with Gasteiger partial charge in [0.15, 0.2) is 0 Å². The molecule has 0 aromatic carbocycles. The van der Waals surface area contributed by atoms with Crippen molar-refractivity contribution in [2.45, 2.75) is 112 Å². The quantitative estimate of drug-likeness (QED) is 0.249. The maximum atomic E-state index is 5.30. The van der Waals surface area contributed by atoms with Crippen LogP contribution in [0.4, 0.5) is 0 Å². The first-order valence-electron chi connectivity index (χ1n) is 18.4. The highest BCUT2D eigenvalue weighted by atomic mass is 16.5. The molecule has 3 aliphatic rings. The molecule has 1 atom stereocenters. The molecule has 3 fully saturated rings. The Morgan fingerprint density at radius 3 is 1.85 bits per heavy atom. The van der Waals surface area contributed by atoms with Crippen molar-refractivity contribution in [1.82, 2.24) is 38.7 Å². The highest BCUT2D eigenvalue weighted by Crippen LogP contribution is 2.31. The van der Waals surface area contributed by atoms with E-state index in [1.54, 1.807) is 12.4 Å². The van der Waals surface area contributed by atoms with Gasteiger partial charge in [-0.25, -0.2) is 9.97 Å². The van der Waals surface area contributed by atoms with Gasteiger partial charge in [-0.05, 0) is 51.3 Å². The third-order valence-corrected chi connectivity index (χ3v) is 8.20. The number of imidazole rings is 2. The molecule has 5 heterocycles. The van der Waals surface area contributed by atoms with Crippen molar-refractivity contribution in [3.05, 3.63) is 55.4 Å². The van der Waals surface area contributed by atoms with Crippen molar-refractivity contribution in [3.63, 3.8) is 0 Å². The van der Waals surface area contributed by atoms with E-state index in [1.807, 2.05) is 53.5 Å². The fraction of sp³-hybridized carbons (Fsp3) is 0.757. The zero-order chi connectivity index (χ0) is 34.5. The van der Waals surface area contributed by atoms with Gasteiger partial charge in [-0.2, -0.15) is 5.10 Å². The average Bonchev–Trinajstić information content (AvgIpc) is 3.39. The zero-order valence-electron chi connectivity index (χ0n) is 31.4. The van der Waals surface area contributed by atoms with Crippen molar-refractivity contribution in [2.75, 3.05) is 59.7 Å². The number of hydrogen-bond donors (Lipinski definition) is 0. The van der Waals surface area contributed by atoms with Crippen LogP contribution < -0.4 is 0 Å². The topological polar surface area (TPSA) is 78.4 Å². The fourth-order valence-corrected chi connectivity index (χ4v) is 4.91. The van der Waals surface area contributed by atoms with Gasteiger partial charge in [-0.3, -0.25) is 14.5 Å². The third-order valence-electron chi connectivity index (χ3n) is 8.20. The van der Waals surface area contributed by atoms with Crippen LogP contribution in [-0.4, -0.2) is 104 Å². The number of ether oxygens (including phenoxy) is 2. The molecule has 10 nitrogen and oxygen atoms in total. The summed E-state index contributed by atoms with van der Waals surface area (Å²) in [5, 5.41) is 4.02. The van der Waals surface area contributed by atoms with Crippen LogP contribution in [0.25, 0.3) is 0 Å². The Hall–Kier alpha value is -2.53. The molecule has 47 heavy (non-hydrogen) atoms. The largest absolute Gasteiger partial charge is 0.379 e. The second-order valence-corrected chi connectivity index (χ2v) is 12.3. The number of nitrogens with zero attached hydrogens (tertiary/aromatic N) is 8. The molecule has 1 unspecified atom stereocenters. The Bertz CT molecular complexity index is 989. The lowest BCUT2D eigenvalue weighted by Crippen LogP contribution is -2.42. The normalized spacial score (nSPS) is 17.6. The average molecular weight is 659 g/mol. The SMILES string of the molecule is CCC1CC1.CCC1COCCN1C.CCCN1CCOCC1.CCCn1cccn1.CCCn1ccnc1.CCc1nccn1C. The van der Waals surface area contributed by atoms with Crippen LogP contribution in [0.1, 0.15) is 92.3 Å². The molecular formula is C37H70N8O2. The van der Waals surface area contributed by atoms with Crippen molar-refractivity contribution in [1.29, 1.82) is 0 Å². The van der Waals surface area contributed by atoms with Crippen molar-refractivity contribution < 1.29 is 9.47 Å². The molecule has 1 aliphatic carbocycles. The van der Waals surface area contributed by atoms with Crippen LogP contribution in [0.2, 0.25) is 0 Å². The summed E-state index contributed by atoms with van der Waals surface area (Å²) < 4.78 is 16.5. The van der Waals surface area contributed by atoms with Crippen LogP contribution in [0.5, 0.6) is 0 Å². The molecule has 270 valence electrons. The fourth-order valence-electron chi connectivity index (χ4n) is 4.91. The molecule has 0 radical (unpaired) electrons. The molecular weight excluding hydrogens is 588 g/mol. The first-order chi connectivity index (χ1) is 22.9. The summed E-state index contributed by atoms with van der Waals surface area (Å²) in [6, 6.07) is 2.61. The van der Waals surface area contributed by atoms with Crippen LogP contribution >= 0.6 is 0 Å². The Kier molecular flexibility index (Phi) is 25.7. The number of aryl methyl sites for hydroxylation is 4. The standard InChI is InChI=1S/2C7H15NO.3C6H10N2.C5H10/c1-3-7-6-9-5-4-8(7)2;1-2-3-8-4-6-9-7-5-8;1-3-6-7-4-5-8(6)2;1-2-5-8-6-3-4-7-8;1-2-4-8-5-3-7-6-8;1-2-5-3-4-5/h7H,3-6H2,1-2H3;2-7H2,1H3;4-5H,3H2,1-2H3;3-4,6H,2,5H2,1H3;3,5-6H,2,4H2,1H3;5H,2-4H2,1H3. The monoisotopic (exact) mass is 659 g/mol. The number of morpholine rings is 2. The van der Waals surface area contributed by atoms with E-state index in [0.717, 1.165) is 83.7 Å². The summed E-state index contributed by atoms with van der Waals surface area (Å²) in [6.45, 7) is 23.5. The Morgan fingerprint density at radius 1 is 0.745 bits per heavy atom. The molecule has 2 saturated heterocycles. The first kappa shape index (κ1) is 42.5. The van der Waals surface area contributed by atoms with E-state index in [-0.39, 0.29) is 0 Å². The lowest BCUT2D eigenvalue weighted by molar-refractivity contribution is 0.00477. The molecule has 0 amide bonds. The van der Waals surface area contributed by atoms with E-state index >= 15 is 0 Å². The summed E-state index contributed by atoms with van der Waals surface area (Å²) in [4.78, 5) is 12.8. The smallest absolute Gasteiger partial charge is 0.108 e. The second-order valence-electron chi connectivity index (χ2n) is 12.3. The maximum absolute atomic E-state index is 5.30. The van der Waals surface area contributed by atoms with Crippen LogP contribution in [0.3, 0.4) is 0 Å². The molecule has 2 aliphatic heterocycles. The van der Waals surface area contributed by atoms with Crippen molar-refractivity contribution in [3.8, 4) is 0 Å². The van der Waals surface area contributed by atoms with Gasteiger partial charge in [-0.1, -0.05) is 60.8 Å². The van der Waals surface area contributed by atoms with Gasteiger partial charge in [-0.15, -0.1) is 0 Å². The van der Waals surface area contributed by atoms with Gasteiger partial charge in [0.25, 0.3) is 0 Å². The number of rotatable bonds is 9. The molecule has 6 rings (SSSR count). The van der Waals surface area contributed by atoms with E-state index in [2.05, 4.69) is 78.0 Å². The van der Waals surface area contributed by atoms with E-state index in [9.17, 15) is 0 Å². The van der Waals surface area contributed by atoms with Gasteiger partial charge in [0, 0.05) is 89.4 Å². The Morgan fingerprint density at radius 2 is 1.45 bits per heavy atom. The summed E-state index contributed by atoms with van der Waals surface area (Å²) >= 11 is 0. The molecule has 3 aromatic heterocycles. The zero-order valence-corrected chi connectivity index (χ0v) is 31.4.